The van der Waals surface area contributed by atoms with Gasteiger partial charge in [0.2, 0.25) is 0 Å². The van der Waals surface area contributed by atoms with Crippen LogP contribution in [0.4, 0.5) is 5.69 Å². The van der Waals surface area contributed by atoms with Gasteiger partial charge in [0.05, 0.1) is 11.4 Å². The standard InChI is InChI=1S/C17H22N4O2S/c1-11(20-21-17(24)18-13-5-3-2-4-6-13)12-7-8-15-14(9-12)19-16(22)10-23-15/h7-9,13H,2-6,10H2,1H3,(H,19,22)(H2,18,21,24)/b20-11-. The molecule has 0 spiro atoms. The van der Waals surface area contributed by atoms with Crippen molar-refractivity contribution in [3.8, 4) is 5.75 Å². The molecule has 1 aromatic rings. The van der Waals surface area contributed by atoms with Gasteiger partial charge < -0.3 is 15.4 Å². The first kappa shape index (κ1) is 16.7. The average molecular weight is 346 g/mol. The van der Waals surface area contributed by atoms with E-state index in [2.05, 4.69) is 21.2 Å². The molecule has 24 heavy (non-hydrogen) atoms. The molecular weight excluding hydrogens is 324 g/mol. The number of carbonyl (C=O) groups excluding carboxylic acids is 1. The molecule has 1 saturated carbocycles. The molecule has 0 bridgehead atoms. The number of rotatable bonds is 3. The van der Waals surface area contributed by atoms with Gasteiger partial charge >= 0.3 is 0 Å². The first-order valence-electron chi connectivity index (χ1n) is 8.30. The molecule has 3 rings (SSSR count). The maximum Gasteiger partial charge on any atom is 0.262 e. The second-order valence-electron chi connectivity index (χ2n) is 6.17. The fraction of sp³-hybridized carbons (Fsp3) is 0.471. The summed E-state index contributed by atoms with van der Waals surface area (Å²) in [5.41, 5.74) is 5.25. The quantitative estimate of drug-likeness (QED) is 0.445. The van der Waals surface area contributed by atoms with Gasteiger partial charge in [-0.3, -0.25) is 10.2 Å². The number of ether oxygens (including phenoxy) is 1. The van der Waals surface area contributed by atoms with Crippen molar-refractivity contribution in [2.75, 3.05) is 11.9 Å². The monoisotopic (exact) mass is 346 g/mol. The third-order valence-corrected chi connectivity index (χ3v) is 4.50. The number of nitrogens with zero attached hydrogens (tertiary/aromatic N) is 1. The number of hydrogen-bond donors (Lipinski definition) is 3. The van der Waals surface area contributed by atoms with Crippen molar-refractivity contribution < 1.29 is 9.53 Å². The fourth-order valence-electron chi connectivity index (χ4n) is 2.97. The van der Waals surface area contributed by atoms with Gasteiger partial charge in [-0.2, -0.15) is 5.10 Å². The third-order valence-electron chi connectivity index (χ3n) is 4.30. The number of hydrazone groups is 1. The van der Waals surface area contributed by atoms with E-state index >= 15 is 0 Å². The van der Waals surface area contributed by atoms with E-state index in [0.717, 1.165) is 24.1 Å². The zero-order valence-electron chi connectivity index (χ0n) is 13.7. The van der Waals surface area contributed by atoms with E-state index in [0.29, 0.717) is 22.6 Å². The van der Waals surface area contributed by atoms with Crippen LogP contribution in [0.15, 0.2) is 23.3 Å². The molecule has 6 nitrogen and oxygen atoms in total. The van der Waals surface area contributed by atoms with Crippen molar-refractivity contribution in [2.24, 2.45) is 5.10 Å². The Morgan fingerprint density at radius 3 is 2.92 bits per heavy atom. The molecule has 7 heteroatoms. The Hall–Kier alpha value is -2.15. The van der Waals surface area contributed by atoms with Gasteiger partial charge in [0.15, 0.2) is 11.7 Å². The number of benzene rings is 1. The Bertz CT molecular complexity index is 669. The van der Waals surface area contributed by atoms with Gasteiger partial charge in [-0.05, 0) is 55.7 Å². The van der Waals surface area contributed by atoms with E-state index in [4.69, 9.17) is 17.0 Å². The maximum absolute atomic E-state index is 11.4. The molecule has 128 valence electrons. The lowest BCUT2D eigenvalue weighted by Crippen LogP contribution is -2.41. The summed E-state index contributed by atoms with van der Waals surface area (Å²) in [5.74, 6) is 0.527. The number of hydrogen-bond acceptors (Lipinski definition) is 4. The van der Waals surface area contributed by atoms with Crippen LogP contribution in [0, 0.1) is 0 Å². The highest BCUT2D eigenvalue weighted by molar-refractivity contribution is 7.80. The van der Waals surface area contributed by atoms with E-state index in [1.54, 1.807) is 0 Å². The smallest absolute Gasteiger partial charge is 0.262 e. The number of anilines is 1. The molecule has 0 radical (unpaired) electrons. The van der Waals surface area contributed by atoms with E-state index in [1.807, 2.05) is 25.1 Å². The number of carbonyl (C=O) groups is 1. The highest BCUT2D eigenvalue weighted by Gasteiger charge is 2.17. The van der Waals surface area contributed by atoms with Crippen LogP contribution in [0.3, 0.4) is 0 Å². The lowest BCUT2D eigenvalue weighted by atomic mass is 9.96. The van der Waals surface area contributed by atoms with Crippen molar-refractivity contribution >= 4 is 34.6 Å². The van der Waals surface area contributed by atoms with E-state index < -0.39 is 0 Å². The van der Waals surface area contributed by atoms with Gasteiger partial charge in [0.25, 0.3) is 5.91 Å². The van der Waals surface area contributed by atoms with Crippen LogP contribution in [0.1, 0.15) is 44.6 Å². The van der Waals surface area contributed by atoms with Gasteiger partial charge in [0, 0.05) is 6.04 Å². The van der Waals surface area contributed by atoms with Crippen LogP contribution >= 0.6 is 12.2 Å². The molecule has 0 atom stereocenters. The zero-order valence-corrected chi connectivity index (χ0v) is 14.5. The molecule has 0 unspecified atom stereocenters. The van der Waals surface area contributed by atoms with Gasteiger partial charge in [-0.25, -0.2) is 0 Å². The van der Waals surface area contributed by atoms with Crippen LogP contribution < -0.4 is 20.8 Å². The summed E-state index contributed by atoms with van der Waals surface area (Å²) in [4.78, 5) is 11.4. The van der Waals surface area contributed by atoms with Crippen LogP contribution in [-0.2, 0) is 4.79 Å². The van der Waals surface area contributed by atoms with Crippen LogP contribution in [0.5, 0.6) is 5.75 Å². The summed E-state index contributed by atoms with van der Waals surface area (Å²) in [6.07, 6.45) is 6.15. The lowest BCUT2D eigenvalue weighted by Gasteiger charge is -2.23. The van der Waals surface area contributed by atoms with Crippen molar-refractivity contribution in [1.29, 1.82) is 0 Å². The highest BCUT2D eigenvalue weighted by Crippen LogP contribution is 2.28. The van der Waals surface area contributed by atoms with Crippen molar-refractivity contribution in [3.05, 3.63) is 23.8 Å². The first-order valence-corrected chi connectivity index (χ1v) is 8.70. The highest BCUT2D eigenvalue weighted by atomic mass is 32.1. The van der Waals surface area contributed by atoms with Gasteiger partial charge in [-0.15, -0.1) is 0 Å². The normalized spacial score (nSPS) is 18.2. The van der Waals surface area contributed by atoms with Crippen molar-refractivity contribution in [1.82, 2.24) is 10.7 Å². The first-order chi connectivity index (χ1) is 11.6. The van der Waals surface area contributed by atoms with E-state index in [9.17, 15) is 4.79 Å². The Labute approximate surface area is 147 Å². The summed E-state index contributed by atoms with van der Waals surface area (Å²) < 4.78 is 5.35. The molecule has 0 aromatic heterocycles. The summed E-state index contributed by atoms with van der Waals surface area (Å²) in [7, 11) is 0. The summed E-state index contributed by atoms with van der Waals surface area (Å²) >= 11 is 5.31. The van der Waals surface area contributed by atoms with Gasteiger partial charge in [0.1, 0.15) is 5.75 Å². The summed E-state index contributed by atoms with van der Waals surface area (Å²) in [6, 6.07) is 6.05. The second-order valence-corrected chi connectivity index (χ2v) is 6.57. The van der Waals surface area contributed by atoms with E-state index in [-0.39, 0.29) is 12.5 Å². The fourth-order valence-corrected chi connectivity index (χ4v) is 3.18. The predicted molar refractivity (Wildman–Crippen MR) is 98.5 cm³/mol. The molecule has 0 saturated heterocycles. The molecule has 1 amide bonds. The predicted octanol–water partition coefficient (Wildman–Crippen LogP) is 2.54. The minimum Gasteiger partial charge on any atom is -0.482 e. The van der Waals surface area contributed by atoms with Gasteiger partial charge in [-0.1, -0.05) is 19.3 Å². The number of amides is 1. The maximum atomic E-state index is 11.4. The Balaban J connectivity index is 1.60. The molecule has 1 aliphatic heterocycles. The average Bonchev–Trinajstić information content (AvgIpc) is 2.60. The zero-order chi connectivity index (χ0) is 16.9. The van der Waals surface area contributed by atoms with Crippen LogP contribution in [-0.4, -0.2) is 29.4 Å². The molecule has 1 fully saturated rings. The number of nitrogens with one attached hydrogen (secondary N) is 3. The summed E-state index contributed by atoms with van der Waals surface area (Å²) in [5, 5.41) is 11.0. The second kappa shape index (κ2) is 7.61. The van der Waals surface area contributed by atoms with E-state index in [1.165, 1.54) is 19.3 Å². The van der Waals surface area contributed by atoms with Crippen molar-refractivity contribution in [2.45, 2.75) is 45.1 Å². The third kappa shape index (κ3) is 4.23. The molecule has 3 N–H and O–H groups in total. The number of fused-ring (bicyclic) bond motifs is 1. The Morgan fingerprint density at radius 2 is 2.12 bits per heavy atom. The minimum absolute atomic E-state index is 0.0576. The Kier molecular flexibility index (Phi) is 5.30. The topological polar surface area (TPSA) is 74.8 Å². The minimum atomic E-state index is -0.148. The van der Waals surface area contributed by atoms with Crippen LogP contribution in [0.25, 0.3) is 0 Å². The Morgan fingerprint density at radius 1 is 1.33 bits per heavy atom. The van der Waals surface area contributed by atoms with Crippen LogP contribution in [0.2, 0.25) is 0 Å². The molecule has 1 heterocycles. The van der Waals surface area contributed by atoms with Crippen molar-refractivity contribution in [3.63, 3.8) is 0 Å². The largest absolute Gasteiger partial charge is 0.482 e. The SMILES string of the molecule is C/C(=N/NC(=S)NC1CCCCC1)c1ccc2c(c1)NC(=O)CO2. The number of thiocarbonyl (C=S) groups is 1. The lowest BCUT2D eigenvalue weighted by molar-refractivity contribution is -0.118. The molecule has 2 aliphatic rings. The molecule has 1 aromatic carbocycles. The molecular formula is C17H22N4O2S. The molecule has 1 aliphatic carbocycles. The summed E-state index contributed by atoms with van der Waals surface area (Å²) in [6.45, 7) is 1.95.